The minimum absolute atomic E-state index is 0.251. The monoisotopic (exact) mass is 216 g/mol. The summed E-state index contributed by atoms with van der Waals surface area (Å²) >= 11 is 0. The molecule has 0 saturated carbocycles. The van der Waals surface area contributed by atoms with Crippen LogP contribution in [-0.2, 0) is 9.63 Å². The SMILES string of the molecule is N#Cc1ccc(C2=NOC(C(=O)O)C2)cc1. The molecule has 5 nitrogen and oxygen atoms in total. The van der Waals surface area contributed by atoms with Crippen LogP contribution in [0.1, 0.15) is 17.5 Å². The molecule has 0 bridgehead atoms. The first kappa shape index (κ1) is 10.2. The molecule has 2 rings (SSSR count). The van der Waals surface area contributed by atoms with Gasteiger partial charge in [0.2, 0.25) is 6.10 Å². The van der Waals surface area contributed by atoms with Crippen molar-refractivity contribution in [1.29, 1.82) is 5.26 Å². The fourth-order valence-electron chi connectivity index (χ4n) is 1.42. The Morgan fingerprint density at radius 2 is 2.19 bits per heavy atom. The Labute approximate surface area is 91.6 Å². The Balaban J connectivity index is 2.15. The second kappa shape index (κ2) is 4.03. The van der Waals surface area contributed by atoms with Gasteiger partial charge in [-0.05, 0) is 17.7 Å². The number of carboxylic acid groups (broad SMARTS) is 1. The van der Waals surface area contributed by atoms with Gasteiger partial charge in [0.15, 0.2) is 0 Å². The van der Waals surface area contributed by atoms with E-state index in [1.165, 1.54) is 0 Å². The summed E-state index contributed by atoms with van der Waals surface area (Å²) in [5, 5.41) is 21.1. The summed E-state index contributed by atoms with van der Waals surface area (Å²) in [6.45, 7) is 0. The highest BCUT2D eigenvalue weighted by Gasteiger charge is 2.28. The molecule has 0 radical (unpaired) electrons. The van der Waals surface area contributed by atoms with Crippen molar-refractivity contribution < 1.29 is 14.7 Å². The molecule has 1 heterocycles. The minimum Gasteiger partial charge on any atom is -0.478 e. The zero-order valence-corrected chi connectivity index (χ0v) is 8.25. The highest BCUT2D eigenvalue weighted by Crippen LogP contribution is 2.17. The highest BCUT2D eigenvalue weighted by molar-refractivity contribution is 6.03. The maximum atomic E-state index is 10.6. The fourth-order valence-corrected chi connectivity index (χ4v) is 1.42. The molecule has 1 aliphatic rings. The predicted molar refractivity (Wildman–Crippen MR) is 54.8 cm³/mol. The molecule has 0 aromatic heterocycles. The van der Waals surface area contributed by atoms with Crippen molar-refractivity contribution in [3.05, 3.63) is 35.4 Å². The van der Waals surface area contributed by atoms with Crippen LogP contribution in [0.3, 0.4) is 0 Å². The number of nitriles is 1. The third-order valence-corrected chi connectivity index (χ3v) is 2.29. The molecule has 1 N–H and O–H groups in total. The van der Waals surface area contributed by atoms with Gasteiger partial charge in [-0.3, -0.25) is 0 Å². The fraction of sp³-hybridized carbons (Fsp3) is 0.182. The van der Waals surface area contributed by atoms with Crippen molar-refractivity contribution in [3.63, 3.8) is 0 Å². The molecule has 0 amide bonds. The van der Waals surface area contributed by atoms with Gasteiger partial charge >= 0.3 is 5.97 Å². The minimum atomic E-state index is -1.02. The maximum absolute atomic E-state index is 10.6. The zero-order chi connectivity index (χ0) is 11.5. The van der Waals surface area contributed by atoms with Crippen LogP contribution in [0.2, 0.25) is 0 Å². The predicted octanol–water partition coefficient (Wildman–Crippen LogP) is 1.14. The van der Waals surface area contributed by atoms with Gasteiger partial charge in [0.05, 0.1) is 17.3 Å². The van der Waals surface area contributed by atoms with E-state index >= 15 is 0 Å². The number of rotatable bonds is 2. The van der Waals surface area contributed by atoms with Crippen molar-refractivity contribution in [1.82, 2.24) is 0 Å². The Bertz CT molecular complexity index is 485. The highest BCUT2D eigenvalue weighted by atomic mass is 16.7. The average Bonchev–Trinajstić information content (AvgIpc) is 2.78. The molecule has 1 unspecified atom stereocenters. The Hall–Kier alpha value is -2.35. The molecule has 1 aromatic carbocycles. The number of hydrogen-bond acceptors (Lipinski definition) is 4. The van der Waals surface area contributed by atoms with E-state index in [0.717, 1.165) is 5.56 Å². The Morgan fingerprint density at radius 1 is 1.50 bits per heavy atom. The number of benzene rings is 1. The van der Waals surface area contributed by atoms with Gasteiger partial charge < -0.3 is 9.94 Å². The van der Waals surface area contributed by atoms with Gasteiger partial charge in [0.25, 0.3) is 0 Å². The molecular weight excluding hydrogens is 208 g/mol. The Kier molecular flexibility index (Phi) is 2.56. The molecular formula is C11H8N2O3. The molecule has 0 saturated heterocycles. The molecule has 0 spiro atoms. The van der Waals surface area contributed by atoms with Crippen LogP contribution in [0.4, 0.5) is 0 Å². The molecule has 80 valence electrons. The van der Waals surface area contributed by atoms with Crippen LogP contribution in [0.25, 0.3) is 0 Å². The van der Waals surface area contributed by atoms with Crippen LogP contribution in [0.15, 0.2) is 29.4 Å². The molecule has 5 heteroatoms. The quantitative estimate of drug-likeness (QED) is 0.803. The van der Waals surface area contributed by atoms with Crippen molar-refractivity contribution in [2.24, 2.45) is 5.16 Å². The van der Waals surface area contributed by atoms with Gasteiger partial charge in [-0.15, -0.1) is 0 Å². The lowest BCUT2D eigenvalue weighted by Gasteiger charge is -2.00. The zero-order valence-electron chi connectivity index (χ0n) is 8.25. The van der Waals surface area contributed by atoms with Crippen LogP contribution in [-0.4, -0.2) is 22.9 Å². The number of nitrogens with zero attached hydrogens (tertiary/aromatic N) is 2. The van der Waals surface area contributed by atoms with Gasteiger partial charge in [0, 0.05) is 6.42 Å². The van der Waals surface area contributed by atoms with Crippen LogP contribution in [0.5, 0.6) is 0 Å². The summed E-state index contributed by atoms with van der Waals surface area (Å²) in [5.74, 6) is -1.02. The van der Waals surface area contributed by atoms with Crippen LogP contribution >= 0.6 is 0 Å². The third-order valence-electron chi connectivity index (χ3n) is 2.29. The number of hydrogen-bond donors (Lipinski definition) is 1. The van der Waals surface area contributed by atoms with E-state index in [1.54, 1.807) is 24.3 Å². The molecule has 0 fully saturated rings. The first-order chi connectivity index (χ1) is 7.70. The van der Waals surface area contributed by atoms with E-state index in [4.69, 9.17) is 15.2 Å². The normalized spacial score (nSPS) is 18.4. The lowest BCUT2D eigenvalue weighted by atomic mass is 10.0. The second-order valence-electron chi connectivity index (χ2n) is 3.36. The molecule has 1 atom stereocenters. The number of carboxylic acids is 1. The van der Waals surface area contributed by atoms with E-state index in [0.29, 0.717) is 11.3 Å². The second-order valence-corrected chi connectivity index (χ2v) is 3.36. The van der Waals surface area contributed by atoms with E-state index in [2.05, 4.69) is 5.16 Å². The molecule has 1 aliphatic heterocycles. The van der Waals surface area contributed by atoms with E-state index in [1.807, 2.05) is 6.07 Å². The number of carbonyl (C=O) groups is 1. The summed E-state index contributed by atoms with van der Waals surface area (Å²) in [6, 6.07) is 8.78. The lowest BCUT2D eigenvalue weighted by Crippen LogP contribution is -2.19. The van der Waals surface area contributed by atoms with Gasteiger partial charge in [-0.25, -0.2) is 4.79 Å². The molecule has 16 heavy (non-hydrogen) atoms. The largest absolute Gasteiger partial charge is 0.478 e. The topological polar surface area (TPSA) is 82.7 Å². The van der Waals surface area contributed by atoms with E-state index < -0.39 is 12.1 Å². The number of aliphatic carboxylic acids is 1. The smallest absolute Gasteiger partial charge is 0.348 e. The van der Waals surface area contributed by atoms with E-state index in [-0.39, 0.29) is 6.42 Å². The van der Waals surface area contributed by atoms with Gasteiger partial charge in [0.1, 0.15) is 0 Å². The first-order valence-corrected chi connectivity index (χ1v) is 4.67. The van der Waals surface area contributed by atoms with Crippen LogP contribution < -0.4 is 0 Å². The molecule has 1 aromatic rings. The van der Waals surface area contributed by atoms with Crippen molar-refractivity contribution in [3.8, 4) is 6.07 Å². The van der Waals surface area contributed by atoms with Crippen molar-refractivity contribution in [2.45, 2.75) is 12.5 Å². The standard InChI is InChI=1S/C11H8N2O3/c12-6-7-1-3-8(4-2-7)9-5-10(11(14)15)16-13-9/h1-4,10H,5H2,(H,14,15). The summed E-state index contributed by atoms with van der Waals surface area (Å²) in [7, 11) is 0. The van der Waals surface area contributed by atoms with Crippen LogP contribution in [0, 0.1) is 11.3 Å². The summed E-state index contributed by atoms with van der Waals surface area (Å²) < 4.78 is 0. The first-order valence-electron chi connectivity index (χ1n) is 4.67. The van der Waals surface area contributed by atoms with Crippen molar-refractivity contribution in [2.75, 3.05) is 0 Å². The lowest BCUT2D eigenvalue weighted by molar-refractivity contribution is -0.148. The van der Waals surface area contributed by atoms with Crippen molar-refractivity contribution >= 4 is 11.7 Å². The number of oxime groups is 1. The summed E-state index contributed by atoms with van der Waals surface area (Å²) in [5.41, 5.74) is 1.93. The van der Waals surface area contributed by atoms with E-state index in [9.17, 15) is 4.79 Å². The van der Waals surface area contributed by atoms with Gasteiger partial charge in [-0.1, -0.05) is 17.3 Å². The summed E-state index contributed by atoms with van der Waals surface area (Å²) in [4.78, 5) is 15.4. The molecule has 0 aliphatic carbocycles. The third kappa shape index (κ3) is 1.86. The Morgan fingerprint density at radius 3 is 2.69 bits per heavy atom. The summed E-state index contributed by atoms with van der Waals surface area (Å²) in [6.07, 6.45) is -0.646. The average molecular weight is 216 g/mol. The maximum Gasteiger partial charge on any atom is 0.348 e. The van der Waals surface area contributed by atoms with Gasteiger partial charge in [-0.2, -0.15) is 5.26 Å².